The van der Waals surface area contributed by atoms with Gasteiger partial charge in [-0.3, -0.25) is 4.79 Å². The number of hydrogen-bond donors (Lipinski definition) is 3. The van der Waals surface area contributed by atoms with E-state index in [1.54, 1.807) is 32.9 Å². The summed E-state index contributed by atoms with van der Waals surface area (Å²) in [4.78, 5) is 34.3. The van der Waals surface area contributed by atoms with E-state index in [1.165, 1.54) is 13.2 Å². The largest absolute Gasteiger partial charge is 0.481 e. The summed E-state index contributed by atoms with van der Waals surface area (Å²) in [5.74, 6) is -1.39. The SMILES string of the molecule is COC(=O)c1cc(NC(=O)NC(C)(C)CCC(=O)O)ccc1C. The molecule has 7 heteroatoms. The summed E-state index contributed by atoms with van der Waals surface area (Å²) >= 11 is 0. The van der Waals surface area contributed by atoms with Crippen molar-refractivity contribution in [2.45, 2.75) is 39.2 Å². The first-order valence-corrected chi connectivity index (χ1v) is 7.14. The van der Waals surface area contributed by atoms with Crippen LogP contribution < -0.4 is 10.6 Å². The van der Waals surface area contributed by atoms with Crippen molar-refractivity contribution in [1.82, 2.24) is 5.32 Å². The third kappa shape index (κ3) is 5.98. The van der Waals surface area contributed by atoms with Crippen LogP contribution in [0.2, 0.25) is 0 Å². The molecule has 0 aliphatic carbocycles. The van der Waals surface area contributed by atoms with Gasteiger partial charge in [0.1, 0.15) is 0 Å². The third-order valence-electron chi connectivity index (χ3n) is 3.32. The second kappa shape index (κ2) is 7.62. The second-order valence-corrected chi connectivity index (χ2v) is 5.88. The quantitative estimate of drug-likeness (QED) is 0.698. The number of anilines is 1. The number of amides is 2. The van der Waals surface area contributed by atoms with Gasteiger partial charge in [0.25, 0.3) is 0 Å². The number of esters is 1. The Morgan fingerprint density at radius 1 is 1.26 bits per heavy atom. The molecule has 0 spiro atoms. The summed E-state index contributed by atoms with van der Waals surface area (Å²) < 4.78 is 4.69. The number of rotatable bonds is 6. The molecule has 1 aromatic rings. The minimum absolute atomic E-state index is 0.0374. The number of aliphatic carboxylic acids is 1. The van der Waals surface area contributed by atoms with Gasteiger partial charge in [-0.15, -0.1) is 0 Å². The Bertz CT molecular complexity index is 610. The van der Waals surface area contributed by atoms with Gasteiger partial charge in [-0.2, -0.15) is 0 Å². The summed E-state index contributed by atoms with van der Waals surface area (Å²) in [5.41, 5.74) is 0.890. The van der Waals surface area contributed by atoms with Gasteiger partial charge >= 0.3 is 18.0 Å². The fourth-order valence-corrected chi connectivity index (χ4v) is 1.98. The topological polar surface area (TPSA) is 105 Å². The maximum Gasteiger partial charge on any atom is 0.338 e. The molecule has 0 atom stereocenters. The molecule has 0 fully saturated rings. The number of carboxylic acids is 1. The van der Waals surface area contributed by atoms with Gasteiger partial charge < -0.3 is 20.5 Å². The van der Waals surface area contributed by atoms with Crippen LogP contribution in [0, 0.1) is 6.92 Å². The lowest BCUT2D eigenvalue weighted by Gasteiger charge is -2.25. The summed E-state index contributed by atoms with van der Waals surface area (Å²) in [7, 11) is 1.29. The zero-order valence-corrected chi connectivity index (χ0v) is 13.7. The maximum absolute atomic E-state index is 12.0. The Hall–Kier alpha value is -2.57. The Labute approximate surface area is 135 Å². The molecule has 0 bridgehead atoms. The van der Waals surface area contributed by atoms with E-state index in [0.717, 1.165) is 5.56 Å². The predicted molar refractivity (Wildman–Crippen MR) is 85.6 cm³/mol. The van der Waals surface area contributed by atoms with E-state index in [1.807, 2.05) is 0 Å². The van der Waals surface area contributed by atoms with E-state index in [-0.39, 0.29) is 6.42 Å². The summed E-state index contributed by atoms with van der Waals surface area (Å²) in [5, 5.41) is 14.0. The fraction of sp³-hybridized carbons (Fsp3) is 0.438. The van der Waals surface area contributed by atoms with E-state index < -0.39 is 23.5 Å². The first-order chi connectivity index (χ1) is 10.6. The molecule has 0 heterocycles. The highest BCUT2D eigenvalue weighted by molar-refractivity contribution is 5.95. The van der Waals surface area contributed by atoms with E-state index in [0.29, 0.717) is 17.7 Å². The number of urea groups is 1. The van der Waals surface area contributed by atoms with Gasteiger partial charge in [0.05, 0.1) is 12.7 Å². The van der Waals surface area contributed by atoms with E-state index in [9.17, 15) is 14.4 Å². The van der Waals surface area contributed by atoms with Gasteiger partial charge in [0, 0.05) is 17.6 Å². The highest BCUT2D eigenvalue weighted by atomic mass is 16.5. The van der Waals surface area contributed by atoms with Crippen LogP contribution in [0.15, 0.2) is 18.2 Å². The summed E-state index contributed by atoms with van der Waals surface area (Å²) in [6.07, 6.45) is 0.265. The minimum atomic E-state index is -0.915. The molecule has 7 nitrogen and oxygen atoms in total. The number of benzene rings is 1. The van der Waals surface area contributed by atoms with Crippen molar-refractivity contribution in [2.24, 2.45) is 0 Å². The average molecular weight is 322 g/mol. The highest BCUT2D eigenvalue weighted by Gasteiger charge is 2.21. The summed E-state index contributed by atoms with van der Waals surface area (Å²) in [6.45, 7) is 5.25. The molecule has 0 radical (unpaired) electrons. The number of carboxylic acid groups (broad SMARTS) is 1. The number of hydrogen-bond acceptors (Lipinski definition) is 4. The van der Waals surface area contributed by atoms with Gasteiger partial charge in [-0.25, -0.2) is 9.59 Å². The maximum atomic E-state index is 12.0. The average Bonchev–Trinajstić information content (AvgIpc) is 2.46. The fourth-order valence-electron chi connectivity index (χ4n) is 1.98. The molecule has 23 heavy (non-hydrogen) atoms. The number of carbonyl (C=O) groups excluding carboxylic acids is 2. The van der Waals surface area contributed by atoms with E-state index in [4.69, 9.17) is 5.11 Å². The highest BCUT2D eigenvalue weighted by Crippen LogP contribution is 2.17. The van der Waals surface area contributed by atoms with Crippen molar-refractivity contribution in [1.29, 1.82) is 0 Å². The molecular weight excluding hydrogens is 300 g/mol. The van der Waals surface area contributed by atoms with Crippen LogP contribution in [0.5, 0.6) is 0 Å². The van der Waals surface area contributed by atoms with Crippen LogP contribution in [0.25, 0.3) is 0 Å². The van der Waals surface area contributed by atoms with Crippen LogP contribution in [-0.4, -0.2) is 35.7 Å². The smallest absolute Gasteiger partial charge is 0.338 e. The molecule has 2 amide bonds. The van der Waals surface area contributed by atoms with Gasteiger partial charge in [0.15, 0.2) is 0 Å². The zero-order chi connectivity index (χ0) is 17.6. The van der Waals surface area contributed by atoms with Gasteiger partial charge in [-0.05, 0) is 44.9 Å². The standard InChI is InChI=1S/C16H22N2O5/c1-10-5-6-11(9-12(10)14(21)23-4)17-15(22)18-16(2,3)8-7-13(19)20/h5-6,9H,7-8H2,1-4H3,(H,19,20)(H2,17,18,22). The van der Waals surface area contributed by atoms with Crippen LogP contribution in [0.1, 0.15) is 42.6 Å². The lowest BCUT2D eigenvalue weighted by Crippen LogP contribution is -2.45. The van der Waals surface area contributed by atoms with Gasteiger partial charge in [0.2, 0.25) is 0 Å². The second-order valence-electron chi connectivity index (χ2n) is 5.88. The van der Waals surface area contributed by atoms with Crippen molar-refractivity contribution in [3.63, 3.8) is 0 Å². The molecule has 0 unspecified atom stereocenters. The normalized spacial score (nSPS) is 10.8. The number of aryl methyl sites for hydroxylation is 1. The molecule has 0 saturated carbocycles. The number of nitrogens with one attached hydrogen (secondary N) is 2. The molecule has 126 valence electrons. The summed E-state index contributed by atoms with van der Waals surface area (Å²) in [6, 6.07) is 4.44. The zero-order valence-electron chi connectivity index (χ0n) is 13.7. The van der Waals surface area contributed by atoms with Crippen LogP contribution in [0.3, 0.4) is 0 Å². The van der Waals surface area contributed by atoms with Crippen molar-refractivity contribution < 1.29 is 24.2 Å². The molecule has 1 rings (SSSR count). The molecule has 0 aliphatic rings. The number of carbonyl (C=O) groups is 3. The number of methoxy groups -OCH3 is 1. The Balaban J connectivity index is 2.74. The van der Waals surface area contributed by atoms with Crippen molar-refractivity contribution in [3.05, 3.63) is 29.3 Å². The van der Waals surface area contributed by atoms with Crippen molar-refractivity contribution in [3.8, 4) is 0 Å². The Morgan fingerprint density at radius 2 is 1.91 bits per heavy atom. The van der Waals surface area contributed by atoms with Gasteiger partial charge in [-0.1, -0.05) is 6.07 Å². The molecule has 1 aromatic carbocycles. The monoisotopic (exact) mass is 322 g/mol. The van der Waals surface area contributed by atoms with E-state index >= 15 is 0 Å². The number of ether oxygens (including phenoxy) is 1. The van der Waals surface area contributed by atoms with Crippen molar-refractivity contribution in [2.75, 3.05) is 12.4 Å². The Morgan fingerprint density at radius 3 is 2.48 bits per heavy atom. The van der Waals surface area contributed by atoms with E-state index in [2.05, 4.69) is 15.4 Å². The molecular formula is C16H22N2O5. The Kier molecular flexibility index (Phi) is 6.12. The third-order valence-corrected chi connectivity index (χ3v) is 3.32. The molecule has 0 aromatic heterocycles. The molecule has 3 N–H and O–H groups in total. The first kappa shape index (κ1) is 18.5. The lowest BCUT2D eigenvalue weighted by atomic mass is 9.99. The lowest BCUT2D eigenvalue weighted by molar-refractivity contribution is -0.137. The first-order valence-electron chi connectivity index (χ1n) is 7.14. The van der Waals surface area contributed by atoms with Crippen LogP contribution in [0.4, 0.5) is 10.5 Å². The molecule has 0 saturated heterocycles. The van der Waals surface area contributed by atoms with Crippen molar-refractivity contribution >= 4 is 23.7 Å². The minimum Gasteiger partial charge on any atom is -0.481 e. The molecule has 0 aliphatic heterocycles. The van der Waals surface area contributed by atoms with Crippen LogP contribution >= 0.6 is 0 Å². The van der Waals surface area contributed by atoms with Crippen LogP contribution in [-0.2, 0) is 9.53 Å². The predicted octanol–water partition coefficient (Wildman–Crippen LogP) is 2.55.